The first-order chi connectivity index (χ1) is 19.7. The summed E-state index contributed by atoms with van der Waals surface area (Å²) in [5.41, 5.74) is 2.09. The fourth-order valence-electron chi connectivity index (χ4n) is 4.51. The van der Waals surface area contributed by atoms with E-state index in [0.717, 1.165) is 20.3 Å². The number of anilines is 1. The third-order valence-electron chi connectivity index (χ3n) is 6.70. The maximum absolute atomic E-state index is 14.2. The predicted molar refractivity (Wildman–Crippen MR) is 165 cm³/mol. The number of thioether (sulfide) groups is 1. The maximum Gasteiger partial charge on any atom is 0.264 e. The minimum atomic E-state index is -4.20. The highest BCUT2D eigenvalue weighted by molar-refractivity contribution is 7.98. The zero-order chi connectivity index (χ0) is 30.0. The molecule has 0 aromatic heterocycles. The molecule has 3 aromatic rings. The molecule has 3 rings (SSSR count). The molecule has 0 aliphatic carbocycles. The molecule has 1 unspecified atom stereocenters. The molecule has 0 saturated heterocycles. The van der Waals surface area contributed by atoms with Crippen molar-refractivity contribution in [2.75, 3.05) is 30.3 Å². The summed E-state index contributed by atoms with van der Waals surface area (Å²) in [4.78, 5) is 29.8. The molecule has 0 spiro atoms. The van der Waals surface area contributed by atoms with Gasteiger partial charge in [0.05, 0.1) is 17.2 Å². The average molecular weight is 598 g/mol. The van der Waals surface area contributed by atoms with Crippen LogP contribution < -0.4 is 14.4 Å². The fraction of sp³-hybridized carbons (Fsp3) is 0.355. The molecular formula is C31H39N3O5S2. The highest BCUT2D eigenvalue weighted by Gasteiger charge is 2.34. The summed E-state index contributed by atoms with van der Waals surface area (Å²) in [5.74, 6) is -0.441. The highest BCUT2D eigenvalue weighted by atomic mass is 32.2. The maximum atomic E-state index is 14.2. The van der Waals surface area contributed by atoms with E-state index < -0.39 is 28.5 Å². The molecule has 0 saturated carbocycles. The Labute approximate surface area is 248 Å². The Kier molecular flexibility index (Phi) is 11.7. The number of carbonyl (C=O) groups is 2. The van der Waals surface area contributed by atoms with E-state index in [1.54, 1.807) is 36.4 Å². The van der Waals surface area contributed by atoms with Crippen LogP contribution in [0.25, 0.3) is 0 Å². The lowest BCUT2D eigenvalue weighted by Crippen LogP contribution is -2.52. The van der Waals surface area contributed by atoms with Gasteiger partial charge in [0.25, 0.3) is 10.0 Å². The van der Waals surface area contributed by atoms with Gasteiger partial charge in [0.2, 0.25) is 11.8 Å². The number of ether oxygens (including phenoxy) is 1. The Balaban J connectivity index is 2.12. The largest absolute Gasteiger partial charge is 0.492 e. The molecule has 220 valence electrons. The first-order valence-electron chi connectivity index (χ1n) is 13.7. The van der Waals surface area contributed by atoms with Crippen molar-refractivity contribution in [3.05, 3.63) is 83.9 Å². The van der Waals surface area contributed by atoms with E-state index in [1.807, 2.05) is 58.2 Å². The lowest BCUT2D eigenvalue weighted by atomic mass is 10.1. The van der Waals surface area contributed by atoms with Crippen LogP contribution in [0.1, 0.15) is 38.3 Å². The van der Waals surface area contributed by atoms with Crippen molar-refractivity contribution in [1.82, 2.24) is 10.2 Å². The SMILES string of the molecule is CCNC(=O)C(CC)N(Cc1ccccc1C)C(=O)CN(c1ccccc1OCC)S(=O)(=O)c1ccc(SC)cc1. The molecule has 0 aliphatic heterocycles. The second kappa shape index (κ2) is 14.9. The molecule has 3 aromatic carbocycles. The van der Waals surface area contributed by atoms with Crippen LogP contribution in [0.15, 0.2) is 82.6 Å². The van der Waals surface area contributed by atoms with Crippen LogP contribution in [-0.4, -0.2) is 57.1 Å². The van der Waals surface area contributed by atoms with Gasteiger partial charge >= 0.3 is 0 Å². The van der Waals surface area contributed by atoms with Gasteiger partial charge in [0, 0.05) is 18.0 Å². The van der Waals surface area contributed by atoms with Crippen LogP contribution in [-0.2, 0) is 26.2 Å². The first-order valence-corrected chi connectivity index (χ1v) is 16.3. The third-order valence-corrected chi connectivity index (χ3v) is 9.22. The van der Waals surface area contributed by atoms with Gasteiger partial charge in [-0.05, 0) is 81.0 Å². The number of carbonyl (C=O) groups excluding carboxylic acids is 2. The Bertz CT molecular complexity index is 1430. The van der Waals surface area contributed by atoms with Gasteiger partial charge in [-0.3, -0.25) is 13.9 Å². The standard InChI is InChI=1S/C31H39N3O5S2/c1-6-27(31(36)32-7-2)33(21-24-14-10-9-13-23(24)4)30(35)22-34(28-15-11-12-16-29(28)39-8-3)41(37,38)26-19-17-25(40-5)18-20-26/h9-20,27H,6-8,21-22H2,1-5H3,(H,32,36). The predicted octanol–water partition coefficient (Wildman–Crippen LogP) is 5.25. The molecular weight excluding hydrogens is 558 g/mol. The van der Waals surface area contributed by atoms with E-state index in [1.165, 1.54) is 28.8 Å². The van der Waals surface area contributed by atoms with E-state index in [9.17, 15) is 18.0 Å². The van der Waals surface area contributed by atoms with Crippen molar-refractivity contribution in [2.45, 2.75) is 56.5 Å². The Morgan fingerprint density at radius 1 is 0.951 bits per heavy atom. The van der Waals surface area contributed by atoms with Gasteiger partial charge in [-0.25, -0.2) is 8.42 Å². The molecule has 0 aliphatic rings. The average Bonchev–Trinajstić information content (AvgIpc) is 2.97. The van der Waals surface area contributed by atoms with E-state index in [-0.39, 0.29) is 23.0 Å². The number of likely N-dealkylation sites (N-methyl/N-ethyl adjacent to an activating group) is 1. The molecule has 41 heavy (non-hydrogen) atoms. The van der Waals surface area contributed by atoms with Crippen molar-refractivity contribution in [2.24, 2.45) is 0 Å². The lowest BCUT2D eigenvalue weighted by Gasteiger charge is -2.33. The van der Waals surface area contributed by atoms with Crippen LogP contribution in [0.4, 0.5) is 5.69 Å². The summed E-state index contributed by atoms with van der Waals surface area (Å²) in [7, 11) is -4.20. The number of nitrogens with zero attached hydrogens (tertiary/aromatic N) is 2. The van der Waals surface area contributed by atoms with E-state index in [2.05, 4.69) is 5.32 Å². The number of hydrogen-bond acceptors (Lipinski definition) is 6. The molecule has 1 atom stereocenters. The lowest BCUT2D eigenvalue weighted by molar-refractivity contribution is -0.140. The fourth-order valence-corrected chi connectivity index (χ4v) is 6.34. The van der Waals surface area contributed by atoms with Crippen LogP contribution >= 0.6 is 11.8 Å². The molecule has 0 bridgehead atoms. The first kappa shape index (κ1) is 32.0. The molecule has 0 fully saturated rings. The van der Waals surface area contributed by atoms with Crippen molar-refractivity contribution in [3.63, 3.8) is 0 Å². The number of aryl methyl sites for hydroxylation is 1. The van der Waals surface area contributed by atoms with Gasteiger partial charge in [-0.15, -0.1) is 11.8 Å². The van der Waals surface area contributed by atoms with Gasteiger partial charge in [-0.1, -0.05) is 43.3 Å². The van der Waals surface area contributed by atoms with Crippen LogP contribution in [0, 0.1) is 6.92 Å². The quantitative estimate of drug-likeness (QED) is 0.255. The zero-order valence-electron chi connectivity index (χ0n) is 24.3. The molecule has 1 N–H and O–H groups in total. The molecule has 8 nitrogen and oxygen atoms in total. The third kappa shape index (κ3) is 7.83. The van der Waals surface area contributed by atoms with Gasteiger partial charge in [-0.2, -0.15) is 0 Å². The summed E-state index contributed by atoms with van der Waals surface area (Å²) < 4.78 is 35.2. The van der Waals surface area contributed by atoms with E-state index in [0.29, 0.717) is 25.3 Å². The normalized spacial score (nSPS) is 11.9. The minimum Gasteiger partial charge on any atom is -0.492 e. The number of nitrogens with one attached hydrogen (secondary N) is 1. The number of sulfonamides is 1. The summed E-state index contributed by atoms with van der Waals surface area (Å²) in [6, 6.07) is 20.2. The monoisotopic (exact) mass is 597 g/mol. The summed E-state index contributed by atoms with van der Waals surface area (Å²) >= 11 is 1.50. The molecule has 2 amide bonds. The van der Waals surface area contributed by atoms with Crippen molar-refractivity contribution >= 4 is 39.3 Å². The molecule has 10 heteroatoms. The topological polar surface area (TPSA) is 96.0 Å². The van der Waals surface area contributed by atoms with Gasteiger partial charge < -0.3 is 15.0 Å². The molecule has 0 radical (unpaired) electrons. The summed E-state index contributed by atoms with van der Waals surface area (Å²) in [5, 5.41) is 2.82. The van der Waals surface area contributed by atoms with Crippen LogP contribution in [0.5, 0.6) is 5.75 Å². The Morgan fingerprint density at radius 3 is 2.22 bits per heavy atom. The number of benzene rings is 3. The second-order valence-electron chi connectivity index (χ2n) is 9.35. The van der Waals surface area contributed by atoms with Gasteiger partial charge in [0.15, 0.2) is 0 Å². The van der Waals surface area contributed by atoms with Gasteiger partial charge in [0.1, 0.15) is 18.3 Å². The smallest absolute Gasteiger partial charge is 0.264 e. The van der Waals surface area contributed by atoms with Crippen molar-refractivity contribution < 1.29 is 22.7 Å². The highest BCUT2D eigenvalue weighted by Crippen LogP contribution is 2.33. The molecule has 0 heterocycles. The second-order valence-corrected chi connectivity index (χ2v) is 12.1. The zero-order valence-corrected chi connectivity index (χ0v) is 25.9. The Morgan fingerprint density at radius 2 is 1.61 bits per heavy atom. The number of para-hydroxylation sites is 2. The van der Waals surface area contributed by atoms with Crippen molar-refractivity contribution in [1.29, 1.82) is 0 Å². The van der Waals surface area contributed by atoms with Crippen molar-refractivity contribution in [3.8, 4) is 5.75 Å². The Hall–Kier alpha value is -3.50. The van der Waals surface area contributed by atoms with E-state index >= 15 is 0 Å². The minimum absolute atomic E-state index is 0.0515. The summed E-state index contributed by atoms with van der Waals surface area (Å²) in [6.45, 7) is 7.78. The number of amides is 2. The number of hydrogen-bond donors (Lipinski definition) is 1. The van der Waals surface area contributed by atoms with Crippen LogP contribution in [0.3, 0.4) is 0 Å². The van der Waals surface area contributed by atoms with Crippen LogP contribution in [0.2, 0.25) is 0 Å². The summed E-state index contributed by atoms with van der Waals surface area (Å²) in [6.07, 6.45) is 2.27. The van der Waals surface area contributed by atoms with E-state index in [4.69, 9.17) is 4.74 Å². The number of rotatable bonds is 14.